The van der Waals surface area contributed by atoms with Crippen LogP contribution < -0.4 is 5.11 Å². The van der Waals surface area contributed by atoms with Gasteiger partial charge in [0.05, 0.1) is 21.1 Å². The highest BCUT2D eigenvalue weighted by Crippen LogP contribution is 2.19. The highest BCUT2D eigenvalue weighted by molar-refractivity contribution is 5.70. The molecule has 0 fully saturated rings. The maximum absolute atomic E-state index is 12.1. The van der Waals surface area contributed by atoms with Crippen molar-refractivity contribution in [2.75, 3.05) is 27.7 Å². The molecule has 0 aromatic heterocycles. The van der Waals surface area contributed by atoms with Gasteiger partial charge < -0.3 is 19.1 Å². The Labute approximate surface area is 205 Å². The van der Waals surface area contributed by atoms with E-state index in [0.717, 1.165) is 25.2 Å². The molecular formula is C28H55NO4. The van der Waals surface area contributed by atoms with Gasteiger partial charge in [0.15, 0.2) is 6.10 Å². The summed E-state index contributed by atoms with van der Waals surface area (Å²) < 4.78 is 5.94. The zero-order chi connectivity index (χ0) is 25.0. The van der Waals surface area contributed by atoms with Crippen molar-refractivity contribution in [1.29, 1.82) is 0 Å². The van der Waals surface area contributed by atoms with Crippen LogP contribution in [0.1, 0.15) is 129 Å². The topological polar surface area (TPSA) is 66.4 Å². The van der Waals surface area contributed by atoms with Gasteiger partial charge in [0, 0.05) is 18.8 Å². The fourth-order valence-electron chi connectivity index (χ4n) is 4.43. The lowest BCUT2D eigenvalue weighted by Gasteiger charge is -2.29. The van der Waals surface area contributed by atoms with Gasteiger partial charge in [0.25, 0.3) is 0 Å². The minimum Gasteiger partial charge on any atom is -0.550 e. The molecule has 0 aliphatic rings. The average molecular weight is 470 g/mol. The number of carbonyl (C=O) groups excluding carboxylic acids is 2. The smallest absolute Gasteiger partial charge is 0.306 e. The standard InChI is InChI=1S/C28H55NO4/c1-6-7-8-9-14-17-20-25(2)21-18-15-12-10-11-13-16-19-22-28(32)33-26(23-27(30)31)24-29(3,4)5/h25-26H,6-24H2,1-5H3. The van der Waals surface area contributed by atoms with Crippen molar-refractivity contribution >= 4 is 11.9 Å². The van der Waals surface area contributed by atoms with E-state index in [1.54, 1.807) is 0 Å². The highest BCUT2D eigenvalue weighted by Gasteiger charge is 2.22. The Morgan fingerprint density at radius 2 is 1.21 bits per heavy atom. The number of hydrogen-bond acceptors (Lipinski definition) is 4. The van der Waals surface area contributed by atoms with E-state index >= 15 is 0 Å². The van der Waals surface area contributed by atoms with E-state index in [1.807, 2.05) is 21.1 Å². The number of hydrogen-bond donors (Lipinski definition) is 0. The summed E-state index contributed by atoms with van der Waals surface area (Å²) in [7, 11) is 5.85. The number of likely N-dealkylation sites (N-methyl/N-ethyl adjacent to an activating group) is 1. The van der Waals surface area contributed by atoms with Gasteiger partial charge in [-0.2, -0.15) is 0 Å². The first kappa shape index (κ1) is 31.9. The number of quaternary nitrogens is 1. The van der Waals surface area contributed by atoms with Crippen molar-refractivity contribution in [2.45, 2.75) is 136 Å². The molecule has 0 radical (unpaired) electrons. The Morgan fingerprint density at radius 1 is 0.758 bits per heavy atom. The van der Waals surface area contributed by atoms with Crippen molar-refractivity contribution in [2.24, 2.45) is 5.92 Å². The largest absolute Gasteiger partial charge is 0.550 e. The normalized spacial score (nSPS) is 13.6. The number of carboxylic acids is 1. The summed E-state index contributed by atoms with van der Waals surface area (Å²) in [6, 6.07) is 0. The molecular weight excluding hydrogens is 414 g/mol. The molecule has 33 heavy (non-hydrogen) atoms. The van der Waals surface area contributed by atoms with Gasteiger partial charge in [-0.25, -0.2) is 0 Å². The number of carboxylic acid groups (broad SMARTS) is 1. The second-order valence-corrected chi connectivity index (χ2v) is 11.2. The number of aliphatic carboxylic acids is 1. The Bertz CT molecular complexity index is 487. The third kappa shape index (κ3) is 23.8. The van der Waals surface area contributed by atoms with Crippen molar-refractivity contribution < 1.29 is 23.9 Å². The lowest BCUT2D eigenvalue weighted by Crippen LogP contribution is -2.45. The minimum absolute atomic E-state index is 0.237. The second-order valence-electron chi connectivity index (χ2n) is 11.2. The van der Waals surface area contributed by atoms with Gasteiger partial charge in [-0.15, -0.1) is 0 Å². The van der Waals surface area contributed by atoms with Crippen molar-refractivity contribution in [1.82, 2.24) is 0 Å². The van der Waals surface area contributed by atoms with Gasteiger partial charge in [-0.1, -0.05) is 110 Å². The molecule has 2 unspecified atom stereocenters. The molecule has 0 bridgehead atoms. The van der Waals surface area contributed by atoms with Gasteiger partial charge >= 0.3 is 5.97 Å². The van der Waals surface area contributed by atoms with Crippen LogP contribution >= 0.6 is 0 Å². The molecule has 5 nitrogen and oxygen atoms in total. The molecule has 2 atom stereocenters. The van der Waals surface area contributed by atoms with Gasteiger partial charge in [-0.05, 0) is 12.3 Å². The van der Waals surface area contributed by atoms with Crippen LogP contribution in [0.3, 0.4) is 0 Å². The summed E-state index contributed by atoms with van der Waals surface area (Å²) >= 11 is 0. The molecule has 0 heterocycles. The van der Waals surface area contributed by atoms with E-state index in [2.05, 4.69) is 13.8 Å². The third-order valence-corrected chi connectivity index (χ3v) is 6.32. The fraction of sp³-hybridized carbons (Fsp3) is 0.929. The monoisotopic (exact) mass is 469 g/mol. The maximum atomic E-state index is 12.1. The highest BCUT2D eigenvalue weighted by atomic mass is 16.5. The molecule has 196 valence electrons. The van der Waals surface area contributed by atoms with E-state index < -0.39 is 12.1 Å². The molecule has 0 saturated carbocycles. The average Bonchev–Trinajstić information content (AvgIpc) is 2.70. The summed E-state index contributed by atoms with van der Waals surface area (Å²) in [6.45, 7) is 5.16. The lowest BCUT2D eigenvalue weighted by molar-refractivity contribution is -0.873. The first-order valence-corrected chi connectivity index (χ1v) is 13.8. The van der Waals surface area contributed by atoms with Crippen molar-refractivity contribution in [3.05, 3.63) is 0 Å². The summed E-state index contributed by atoms with van der Waals surface area (Å²) in [5.41, 5.74) is 0. The van der Waals surface area contributed by atoms with Crippen LogP contribution in [0.15, 0.2) is 0 Å². The number of esters is 1. The van der Waals surface area contributed by atoms with Crippen LogP contribution in [0.25, 0.3) is 0 Å². The number of nitrogens with zero attached hydrogens (tertiary/aromatic N) is 1. The van der Waals surface area contributed by atoms with E-state index in [-0.39, 0.29) is 12.4 Å². The predicted octanol–water partition coefficient (Wildman–Crippen LogP) is 6.03. The zero-order valence-corrected chi connectivity index (χ0v) is 22.7. The van der Waals surface area contributed by atoms with Crippen molar-refractivity contribution in [3.8, 4) is 0 Å². The molecule has 5 heteroatoms. The predicted molar refractivity (Wildman–Crippen MR) is 136 cm³/mol. The molecule has 0 saturated heterocycles. The van der Waals surface area contributed by atoms with E-state index in [1.165, 1.54) is 83.5 Å². The van der Waals surface area contributed by atoms with Gasteiger partial charge in [-0.3, -0.25) is 4.79 Å². The molecule has 0 N–H and O–H groups in total. The van der Waals surface area contributed by atoms with Gasteiger partial charge in [0.2, 0.25) is 0 Å². The van der Waals surface area contributed by atoms with Crippen LogP contribution in [0.4, 0.5) is 0 Å². The van der Waals surface area contributed by atoms with E-state index in [9.17, 15) is 14.7 Å². The molecule has 0 aliphatic carbocycles. The van der Waals surface area contributed by atoms with Crippen LogP contribution in [-0.2, 0) is 14.3 Å². The Balaban J connectivity index is 3.60. The Kier molecular flexibility index (Phi) is 19.6. The molecule has 0 aromatic carbocycles. The quantitative estimate of drug-likeness (QED) is 0.104. The Hall–Kier alpha value is -1.10. The summed E-state index contributed by atoms with van der Waals surface area (Å²) in [5, 5.41) is 10.9. The molecule has 0 rings (SSSR count). The van der Waals surface area contributed by atoms with Gasteiger partial charge in [0.1, 0.15) is 6.54 Å². The molecule has 0 spiro atoms. The molecule has 0 amide bonds. The second kappa shape index (κ2) is 20.3. The number of rotatable bonds is 23. The first-order valence-electron chi connectivity index (χ1n) is 13.8. The van der Waals surface area contributed by atoms with Crippen LogP contribution in [0, 0.1) is 5.92 Å². The van der Waals surface area contributed by atoms with Crippen molar-refractivity contribution in [3.63, 3.8) is 0 Å². The summed E-state index contributed by atoms with van der Waals surface area (Å²) in [4.78, 5) is 23.0. The van der Waals surface area contributed by atoms with E-state index in [0.29, 0.717) is 17.4 Å². The fourth-order valence-corrected chi connectivity index (χ4v) is 4.43. The summed E-state index contributed by atoms with van der Waals surface area (Å²) in [6.07, 6.45) is 20.2. The molecule has 0 aliphatic heterocycles. The lowest BCUT2D eigenvalue weighted by atomic mass is 9.96. The zero-order valence-electron chi connectivity index (χ0n) is 22.7. The van der Waals surface area contributed by atoms with E-state index in [4.69, 9.17) is 4.74 Å². The minimum atomic E-state index is -1.17. The maximum Gasteiger partial charge on any atom is 0.306 e. The number of unbranched alkanes of at least 4 members (excludes halogenated alkanes) is 12. The van der Waals surface area contributed by atoms with Crippen LogP contribution in [0.2, 0.25) is 0 Å². The number of ether oxygens (including phenoxy) is 1. The van der Waals surface area contributed by atoms with Crippen LogP contribution in [0.5, 0.6) is 0 Å². The third-order valence-electron chi connectivity index (χ3n) is 6.32. The van der Waals surface area contributed by atoms with Crippen LogP contribution in [-0.4, -0.2) is 50.2 Å². The number of carbonyl (C=O) groups is 2. The SMILES string of the molecule is CCCCCCCCC(C)CCCCCCCCCCC(=O)OC(CC(=O)[O-])C[N+](C)(C)C. The molecule has 0 aromatic rings. The Morgan fingerprint density at radius 3 is 1.67 bits per heavy atom. The first-order chi connectivity index (χ1) is 15.6. The summed E-state index contributed by atoms with van der Waals surface area (Å²) in [5.74, 6) is -0.581.